The molecular weight excluding hydrogens is 467 g/mol. The fraction of sp³-hybridized carbons (Fsp3) is 0.233. The Balaban J connectivity index is 1.50. The van der Waals surface area contributed by atoms with E-state index in [0.29, 0.717) is 25.2 Å². The average Bonchev–Trinajstić information content (AvgIpc) is 2.94. The van der Waals surface area contributed by atoms with Crippen molar-refractivity contribution in [3.63, 3.8) is 0 Å². The van der Waals surface area contributed by atoms with Gasteiger partial charge in [0.15, 0.2) is 0 Å². The quantitative estimate of drug-likeness (QED) is 0.429. The SMILES string of the molecule is CNC(=O)C[C@H]1CN(C(=O)c2cncc3ccccc23)CCN1[C@@H](c1ccccc1)c1cccc(F)c1. The summed E-state index contributed by atoms with van der Waals surface area (Å²) in [6.07, 6.45) is 3.58. The molecule has 5 rings (SSSR count). The van der Waals surface area contributed by atoms with E-state index in [0.717, 1.165) is 21.9 Å². The maximum absolute atomic E-state index is 14.3. The van der Waals surface area contributed by atoms with Gasteiger partial charge >= 0.3 is 0 Å². The molecule has 1 N–H and O–H groups in total. The predicted molar refractivity (Wildman–Crippen MR) is 142 cm³/mol. The Kier molecular flexibility index (Phi) is 7.23. The highest BCUT2D eigenvalue weighted by molar-refractivity contribution is 6.06. The number of fused-ring (bicyclic) bond motifs is 1. The van der Waals surface area contributed by atoms with Crippen molar-refractivity contribution in [1.82, 2.24) is 20.1 Å². The van der Waals surface area contributed by atoms with Crippen LogP contribution in [0, 0.1) is 5.82 Å². The smallest absolute Gasteiger partial charge is 0.256 e. The largest absolute Gasteiger partial charge is 0.359 e. The minimum absolute atomic E-state index is 0.104. The molecule has 1 aromatic heterocycles. The molecule has 4 aromatic rings. The third-order valence-corrected chi connectivity index (χ3v) is 7.03. The highest BCUT2D eigenvalue weighted by Gasteiger charge is 2.36. The third-order valence-electron chi connectivity index (χ3n) is 7.03. The van der Waals surface area contributed by atoms with Gasteiger partial charge in [-0.05, 0) is 28.6 Å². The lowest BCUT2D eigenvalue weighted by Crippen LogP contribution is -2.56. The van der Waals surface area contributed by atoms with Gasteiger partial charge in [-0.15, -0.1) is 0 Å². The second-order valence-electron chi connectivity index (χ2n) is 9.30. The van der Waals surface area contributed by atoms with Crippen LogP contribution in [-0.2, 0) is 4.79 Å². The molecule has 1 aliphatic rings. The third kappa shape index (κ3) is 5.22. The first kappa shape index (κ1) is 24.6. The number of rotatable bonds is 6. The maximum atomic E-state index is 14.3. The molecule has 0 unspecified atom stereocenters. The lowest BCUT2D eigenvalue weighted by molar-refractivity contribution is -0.122. The molecule has 7 heteroatoms. The summed E-state index contributed by atoms with van der Waals surface area (Å²) in [6, 6.07) is 23.7. The zero-order chi connectivity index (χ0) is 25.8. The normalized spacial score (nSPS) is 16.9. The van der Waals surface area contributed by atoms with Gasteiger partial charge in [0.1, 0.15) is 5.82 Å². The fourth-order valence-electron chi connectivity index (χ4n) is 5.24. The molecule has 2 heterocycles. The number of amides is 2. The van der Waals surface area contributed by atoms with E-state index in [-0.39, 0.29) is 36.1 Å². The first-order chi connectivity index (χ1) is 18.0. The summed E-state index contributed by atoms with van der Waals surface area (Å²) < 4.78 is 14.3. The summed E-state index contributed by atoms with van der Waals surface area (Å²) in [5.41, 5.74) is 2.37. The van der Waals surface area contributed by atoms with Crippen LogP contribution in [0.2, 0.25) is 0 Å². The summed E-state index contributed by atoms with van der Waals surface area (Å²) in [5, 5.41) is 4.48. The Labute approximate surface area is 215 Å². The summed E-state index contributed by atoms with van der Waals surface area (Å²) >= 11 is 0. The summed E-state index contributed by atoms with van der Waals surface area (Å²) in [5.74, 6) is -0.520. The number of benzene rings is 3. The molecule has 0 bridgehead atoms. The zero-order valence-electron chi connectivity index (χ0n) is 20.7. The van der Waals surface area contributed by atoms with Gasteiger partial charge < -0.3 is 10.2 Å². The van der Waals surface area contributed by atoms with Crippen LogP contribution in [0.3, 0.4) is 0 Å². The Morgan fingerprint density at radius 3 is 2.51 bits per heavy atom. The van der Waals surface area contributed by atoms with Crippen molar-refractivity contribution in [3.8, 4) is 0 Å². The van der Waals surface area contributed by atoms with Gasteiger partial charge in [0.25, 0.3) is 5.91 Å². The predicted octanol–water partition coefficient (Wildman–Crippen LogP) is 4.43. The van der Waals surface area contributed by atoms with E-state index < -0.39 is 0 Å². The molecule has 0 spiro atoms. The van der Waals surface area contributed by atoms with E-state index in [1.54, 1.807) is 36.5 Å². The van der Waals surface area contributed by atoms with Gasteiger partial charge in [0, 0.05) is 56.9 Å². The lowest BCUT2D eigenvalue weighted by atomic mass is 9.93. The van der Waals surface area contributed by atoms with Crippen molar-refractivity contribution in [3.05, 3.63) is 114 Å². The minimum atomic E-state index is -0.307. The van der Waals surface area contributed by atoms with Gasteiger partial charge in [-0.1, -0.05) is 66.7 Å². The molecule has 0 radical (unpaired) electrons. The van der Waals surface area contributed by atoms with Gasteiger partial charge in [-0.3, -0.25) is 19.5 Å². The first-order valence-corrected chi connectivity index (χ1v) is 12.4. The van der Waals surface area contributed by atoms with Crippen molar-refractivity contribution in [1.29, 1.82) is 0 Å². The standard InChI is InChI=1S/C30H29FN4O2/c1-32-28(36)17-25-20-34(30(37)27-19-33-18-23-10-5-6-13-26(23)27)14-15-35(25)29(21-8-3-2-4-9-21)22-11-7-12-24(31)16-22/h2-13,16,18-19,25,29H,14-15,17,20H2,1H3,(H,32,36)/t25-,29-/m0/s1. The van der Waals surface area contributed by atoms with E-state index in [1.807, 2.05) is 60.7 Å². The van der Waals surface area contributed by atoms with Crippen molar-refractivity contribution in [2.75, 3.05) is 26.7 Å². The number of piperazine rings is 1. The highest BCUT2D eigenvalue weighted by Crippen LogP contribution is 2.34. The fourth-order valence-corrected chi connectivity index (χ4v) is 5.24. The lowest BCUT2D eigenvalue weighted by Gasteiger charge is -2.45. The molecule has 3 aromatic carbocycles. The van der Waals surface area contributed by atoms with Crippen LogP contribution in [0.15, 0.2) is 91.3 Å². The monoisotopic (exact) mass is 496 g/mol. The van der Waals surface area contributed by atoms with Crippen molar-refractivity contribution in [2.45, 2.75) is 18.5 Å². The Hall–Kier alpha value is -4.10. The van der Waals surface area contributed by atoms with Crippen molar-refractivity contribution >= 4 is 22.6 Å². The van der Waals surface area contributed by atoms with Crippen LogP contribution in [-0.4, -0.2) is 59.3 Å². The second kappa shape index (κ2) is 10.9. The topological polar surface area (TPSA) is 65.5 Å². The number of pyridine rings is 1. The van der Waals surface area contributed by atoms with Crippen LogP contribution < -0.4 is 5.32 Å². The van der Waals surface area contributed by atoms with Crippen LogP contribution in [0.1, 0.15) is 33.9 Å². The van der Waals surface area contributed by atoms with Crippen LogP contribution in [0.25, 0.3) is 10.8 Å². The maximum Gasteiger partial charge on any atom is 0.256 e. The number of carbonyl (C=O) groups excluding carboxylic acids is 2. The van der Waals surface area contributed by atoms with E-state index in [4.69, 9.17) is 0 Å². The van der Waals surface area contributed by atoms with Gasteiger partial charge in [-0.25, -0.2) is 4.39 Å². The van der Waals surface area contributed by atoms with Crippen LogP contribution in [0.5, 0.6) is 0 Å². The molecular formula is C30H29FN4O2. The molecule has 0 aliphatic carbocycles. The summed E-state index contributed by atoms with van der Waals surface area (Å²) in [4.78, 5) is 34.6. The molecule has 1 aliphatic heterocycles. The zero-order valence-corrected chi connectivity index (χ0v) is 20.7. The highest BCUT2D eigenvalue weighted by atomic mass is 19.1. The first-order valence-electron chi connectivity index (χ1n) is 12.4. The van der Waals surface area contributed by atoms with Gasteiger partial charge in [0.2, 0.25) is 5.91 Å². The average molecular weight is 497 g/mol. The number of nitrogens with one attached hydrogen (secondary N) is 1. The molecule has 1 fully saturated rings. The number of nitrogens with zero attached hydrogens (tertiary/aromatic N) is 3. The van der Waals surface area contributed by atoms with E-state index in [1.165, 1.54) is 6.07 Å². The van der Waals surface area contributed by atoms with Crippen LogP contribution in [0.4, 0.5) is 4.39 Å². The molecule has 2 atom stereocenters. The Morgan fingerprint density at radius 2 is 1.73 bits per heavy atom. The molecule has 2 amide bonds. The molecule has 0 saturated carbocycles. The van der Waals surface area contributed by atoms with Crippen molar-refractivity contribution < 1.29 is 14.0 Å². The van der Waals surface area contributed by atoms with Gasteiger partial charge in [-0.2, -0.15) is 0 Å². The van der Waals surface area contributed by atoms with Crippen LogP contribution >= 0.6 is 0 Å². The number of halogens is 1. The molecule has 6 nitrogen and oxygen atoms in total. The summed E-state index contributed by atoms with van der Waals surface area (Å²) in [6.45, 7) is 1.38. The number of hydrogen-bond donors (Lipinski definition) is 1. The molecule has 37 heavy (non-hydrogen) atoms. The number of hydrogen-bond acceptors (Lipinski definition) is 4. The molecule has 1 saturated heterocycles. The Morgan fingerprint density at radius 1 is 0.973 bits per heavy atom. The minimum Gasteiger partial charge on any atom is -0.359 e. The second-order valence-corrected chi connectivity index (χ2v) is 9.30. The van der Waals surface area contributed by atoms with E-state index >= 15 is 0 Å². The molecule has 188 valence electrons. The van der Waals surface area contributed by atoms with Gasteiger partial charge in [0.05, 0.1) is 11.6 Å². The van der Waals surface area contributed by atoms with Crippen molar-refractivity contribution in [2.24, 2.45) is 0 Å². The van der Waals surface area contributed by atoms with E-state index in [2.05, 4.69) is 15.2 Å². The summed E-state index contributed by atoms with van der Waals surface area (Å²) in [7, 11) is 1.61. The Bertz CT molecular complexity index is 1410. The van der Waals surface area contributed by atoms with E-state index in [9.17, 15) is 14.0 Å². The number of aromatic nitrogens is 1. The number of carbonyl (C=O) groups is 2.